The molecule has 3 rings (SSSR count). The van der Waals surface area contributed by atoms with E-state index in [-0.39, 0.29) is 11.9 Å². The summed E-state index contributed by atoms with van der Waals surface area (Å²) >= 11 is 0. The third-order valence-corrected chi connectivity index (χ3v) is 5.39. The molecule has 1 aliphatic carbocycles. The monoisotopic (exact) mass is 364 g/mol. The molecule has 2 aromatic carbocycles. The quantitative estimate of drug-likeness (QED) is 0.598. The highest BCUT2D eigenvalue weighted by atomic mass is 16.5. The predicted octanol–water partition coefficient (Wildman–Crippen LogP) is 5.63. The van der Waals surface area contributed by atoms with Crippen LogP contribution in [0, 0.1) is 12.8 Å². The van der Waals surface area contributed by atoms with Crippen LogP contribution < -0.4 is 0 Å². The van der Waals surface area contributed by atoms with Gasteiger partial charge in [0.2, 0.25) is 0 Å². The van der Waals surface area contributed by atoms with Crippen LogP contribution in [0.15, 0.2) is 48.5 Å². The Bertz CT molecular complexity index is 779. The molecule has 0 radical (unpaired) electrons. The summed E-state index contributed by atoms with van der Waals surface area (Å²) in [5, 5.41) is 0. The van der Waals surface area contributed by atoms with E-state index < -0.39 is 0 Å². The van der Waals surface area contributed by atoms with Crippen molar-refractivity contribution >= 4 is 11.8 Å². The van der Waals surface area contributed by atoms with Crippen LogP contribution in [0.1, 0.15) is 56.1 Å². The van der Waals surface area contributed by atoms with Gasteiger partial charge in [-0.15, -0.1) is 0 Å². The van der Waals surface area contributed by atoms with E-state index in [4.69, 9.17) is 4.74 Å². The van der Waals surface area contributed by atoms with Gasteiger partial charge < -0.3 is 4.74 Å². The molecule has 1 unspecified atom stereocenters. The second-order valence-corrected chi connectivity index (χ2v) is 7.48. The van der Waals surface area contributed by atoms with E-state index in [1.54, 1.807) is 0 Å². The minimum absolute atomic E-state index is 0.166. The van der Waals surface area contributed by atoms with E-state index in [1.165, 1.54) is 16.7 Å². The SMILES string of the molecule is Cc1cc(COC(=O)CCCC2CCCCC2=O)ccc1-c1ccccc1. The normalized spacial score (nSPS) is 16.9. The lowest BCUT2D eigenvalue weighted by Crippen LogP contribution is -2.19. The van der Waals surface area contributed by atoms with Gasteiger partial charge in [-0.2, -0.15) is 0 Å². The van der Waals surface area contributed by atoms with Gasteiger partial charge in [-0.05, 0) is 54.9 Å². The summed E-state index contributed by atoms with van der Waals surface area (Å²) in [6, 6.07) is 16.5. The fourth-order valence-corrected chi connectivity index (χ4v) is 3.85. The molecule has 1 atom stereocenters. The number of rotatable bonds is 7. The third-order valence-electron chi connectivity index (χ3n) is 5.39. The molecular weight excluding hydrogens is 336 g/mol. The molecule has 0 bridgehead atoms. The first-order valence-electron chi connectivity index (χ1n) is 9.97. The minimum atomic E-state index is -0.178. The van der Waals surface area contributed by atoms with Crippen molar-refractivity contribution in [2.75, 3.05) is 0 Å². The van der Waals surface area contributed by atoms with Crippen molar-refractivity contribution in [1.29, 1.82) is 0 Å². The van der Waals surface area contributed by atoms with Crippen LogP contribution in [0.3, 0.4) is 0 Å². The maximum atomic E-state index is 12.0. The standard InChI is InChI=1S/C24H28O3/c1-18-16-19(14-15-22(18)20-8-3-2-4-9-20)17-27-24(26)13-7-11-21-10-5-6-12-23(21)25/h2-4,8-9,14-16,21H,5-7,10-13,17H2,1H3. The molecule has 1 saturated carbocycles. The van der Waals surface area contributed by atoms with E-state index in [9.17, 15) is 9.59 Å². The second-order valence-electron chi connectivity index (χ2n) is 7.48. The van der Waals surface area contributed by atoms with Crippen molar-refractivity contribution in [1.82, 2.24) is 0 Å². The van der Waals surface area contributed by atoms with Gasteiger partial charge in [0.25, 0.3) is 0 Å². The van der Waals surface area contributed by atoms with Crippen LogP contribution in [0.5, 0.6) is 0 Å². The molecule has 0 aliphatic heterocycles. The van der Waals surface area contributed by atoms with Gasteiger partial charge in [0.1, 0.15) is 12.4 Å². The topological polar surface area (TPSA) is 43.4 Å². The van der Waals surface area contributed by atoms with Crippen molar-refractivity contribution in [3.63, 3.8) is 0 Å². The summed E-state index contributed by atoms with van der Waals surface area (Å²) in [5.41, 5.74) is 4.56. The zero-order valence-electron chi connectivity index (χ0n) is 16.1. The Kier molecular flexibility index (Phi) is 6.80. The first-order valence-corrected chi connectivity index (χ1v) is 9.97. The largest absolute Gasteiger partial charge is 0.461 e. The molecule has 1 aliphatic rings. The average molecular weight is 364 g/mol. The molecule has 142 valence electrons. The second kappa shape index (κ2) is 9.50. The number of ether oxygens (including phenoxy) is 1. The zero-order valence-corrected chi connectivity index (χ0v) is 16.1. The van der Waals surface area contributed by atoms with Crippen LogP contribution >= 0.6 is 0 Å². The van der Waals surface area contributed by atoms with Crippen LogP contribution in [0.4, 0.5) is 0 Å². The van der Waals surface area contributed by atoms with Gasteiger partial charge >= 0.3 is 5.97 Å². The highest BCUT2D eigenvalue weighted by Crippen LogP contribution is 2.26. The maximum Gasteiger partial charge on any atom is 0.306 e. The number of ketones is 1. The smallest absolute Gasteiger partial charge is 0.306 e. The Morgan fingerprint density at radius 1 is 1.11 bits per heavy atom. The van der Waals surface area contributed by atoms with Gasteiger partial charge in [-0.3, -0.25) is 9.59 Å². The number of hydrogen-bond donors (Lipinski definition) is 0. The highest BCUT2D eigenvalue weighted by Gasteiger charge is 2.21. The number of benzene rings is 2. The van der Waals surface area contributed by atoms with Crippen LogP contribution in [-0.2, 0) is 20.9 Å². The fourth-order valence-electron chi connectivity index (χ4n) is 3.85. The van der Waals surface area contributed by atoms with E-state index in [0.29, 0.717) is 25.2 Å². The number of hydrogen-bond acceptors (Lipinski definition) is 3. The molecule has 2 aromatic rings. The van der Waals surface area contributed by atoms with Crippen molar-refractivity contribution in [3.8, 4) is 11.1 Å². The minimum Gasteiger partial charge on any atom is -0.461 e. The van der Waals surface area contributed by atoms with E-state index in [1.807, 2.05) is 24.3 Å². The average Bonchev–Trinajstić information content (AvgIpc) is 2.68. The number of carbonyl (C=O) groups is 2. The van der Waals surface area contributed by atoms with E-state index in [0.717, 1.165) is 37.7 Å². The number of Topliss-reactive ketones (excluding diaryl/α,β-unsaturated/α-hetero) is 1. The summed E-state index contributed by atoms with van der Waals surface area (Å²) in [5.74, 6) is 0.367. The Morgan fingerprint density at radius 3 is 2.67 bits per heavy atom. The van der Waals surface area contributed by atoms with E-state index in [2.05, 4.69) is 31.2 Å². The third kappa shape index (κ3) is 5.53. The molecular formula is C24H28O3. The van der Waals surface area contributed by atoms with E-state index >= 15 is 0 Å². The Labute approximate surface area is 161 Å². The molecule has 3 heteroatoms. The number of carbonyl (C=O) groups excluding carboxylic acids is 2. The van der Waals surface area contributed by atoms with Gasteiger partial charge in [0, 0.05) is 18.8 Å². The van der Waals surface area contributed by atoms with Crippen molar-refractivity contribution < 1.29 is 14.3 Å². The lowest BCUT2D eigenvalue weighted by atomic mass is 9.84. The van der Waals surface area contributed by atoms with Crippen LogP contribution in [-0.4, -0.2) is 11.8 Å². The Hall–Kier alpha value is -2.42. The molecule has 0 aromatic heterocycles. The molecule has 0 saturated heterocycles. The highest BCUT2D eigenvalue weighted by molar-refractivity contribution is 5.81. The Balaban J connectivity index is 1.45. The Morgan fingerprint density at radius 2 is 1.93 bits per heavy atom. The summed E-state index contributed by atoms with van der Waals surface area (Å²) in [6.45, 7) is 2.38. The summed E-state index contributed by atoms with van der Waals surface area (Å²) < 4.78 is 5.42. The van der Waals surface area contributed by atoms with Gasteiger partial charge in [0.05, 0.1) is 0 Å². The van der Waals surface area contributed by atoms with Crippen LogP contribution in [0.25, 0.3) is 11.1 Å². The molecule has 3 nitrogen and oxygen atoms in total. The summed E-state index contributed by atoms with van der Waals surface area (Å²) in [4.78, 5) is 23.8. The van der Waals surface area contributed by atoms with Gasteiger partial charge in [0.15, 0.2) is 0 Å². The molecule has 0 N–H and O–H groups in total. The predicted molar refractivity (Wildman–Crippen MR) is 107 cm³/mol. The van der Waals surface area contributed by atoms with Gasteiger partial charge in [-0.25, -0.2) is 0 Å². The van der Waals surface area contributed by atoms with Crippen molar-refractivity contribution in [2.45, 2.75) is 58.5 Å². The molecule has 27 heavy (non-hydrogen) atoms. The number of esters is 1. The van der Waals surface area contributed by atoms with Crippen molar-refractivity contribution in [2.24, 2.45) is 5.92 Å². The first-order chi connectivity index (χ1) is 13.1. The fraction of sp³-hybridized carbons (Fsp3) is 0.417. The maximum absolute atomic E-state index is 12.0. The van der Waals surface area contributed by atoms with Gasteiger partial charge in [-0.1, -0.05) is 55.0 Å². The summed E-state index contributed by atoms with van der Waals surface area (Å²) in [7, 11) is 0. The zero-order chi connectivity index (χ0) is 19.1. The van der Waals surface area contributed by atoms with Crippen molar-refractivity contribution in [3.05, 3.63) is 59.7 Å². The molecule has 1 fully saturated rings. The lowest BCUT2D eigenvalue weighted by molar-refractivity contribution is -0.145. The lowest BCUT2D eigenvalue weighted by Gasteiger charge is -2.19. The number of aryl methyl sites for hydroxylation is 1. The molecule has 0 amide bonds. The molecule has 0 spiro atoms. The molecule has 0 heterocycles. The van der Waals surface area contributed by atoms with Crippen LogP contribution in [0.2, 0.25) is 0 Å². The first kappa shape index (κ1) is 19.3. The summed E-state index contributed by atoms with van der Waals surface area (Å²) in [6.07, 6.45) is 5.82.